The minimum absolute atomic E-state index is 0.556. The molecule has 0 aromatic heterocycles. The van der Waals surface area contributed by atoms with E-state index in [1.54, 1.807) is 11.8 Å². The first kappa shape index (κ1) is 16.5. The number of hydrogen-bond acceptors (Lipinski definition) is 2. The molecule has 4 heteroatoms. The monoisotopic (exact) mass is 375 g/mol. The second-order valence-electron chi connectivity index (χ2n) is 6.49. The molecule has 1 nitrogen and oxygen atoms in total. The van der Waals surface area contributed by atoms with Crippen molar-refractivity contribution < 1.29 is 0 Å². The molecule has 0 bridgehead atoms. The molecule has 24 heavy (non-hydrogen) atoms. The molecule has 2 aliphatic rings. The Labute approximate surface area is 157 Å². The number of likely N-dealkylation sites (tertiary alicyclic amines) is 1. The number of rotatable bonds is 1. The van der Waals surface area contributed by atoms with Gasteiger partial charge in [0.15, 0.2) is 0 Å². The molecule has 0 saturated carbocycles. The minimum Gasteiger partial charge on any atom is -0.306 e. The van der Waals surface area contributed by atoms with E-state index in [1.807, 2.05) is 18.2 Å². The Morgan fingerprint density at radius 1 is 1.04 bits per heavy atom. The van der Waals surface area contributed by atoms with Crippen molar-refractivity contribution in [3.63, 3.8) is 0 Å². The van der Waals surface area contributed by atoms with E-state index in [2.05, 4.69) is 42.3 Å². The van der Waals surface area contributed by atoms with Gasteiger partial charge in [0.1, 0.15) is 4.21 Å². The zero-order valence-corrected chi connectivity index (χ0v) is 15.9. The van der Waals surface area contributed by atoms with Crippen LogP contribution in [0.1, 0.15) is 24.0 Å². The third-order valence-electron chi connectivity index (χ3n) is 4.87. The van der Waals surface area contributed by atoms with Gasteiger partial charge in [0.25, 0.3) is 0 Å². The highest BCUT2D eigenvalue weighted by Gasteiger charge is 2.44. The second-order valence-corrected chi connectivity index (χ2v) is 8.97. The van der Waals surface area contributed by atoms with Gasteiger partial charge in [-0.3, -0.25) is 0 Å². The molecule has 4 rings (SSSR count). The van der Waals surface area contributed by atoms with Crippen molar-refractivity contribution in [3.05, 3.63) is 70.3 Å². The predicted molar refractivity (Wildman–Crippen MR) is 105 cm³/mol. The van der Waals surface area contributed by atoms with Crippen LogP contribution in [0.2, 0.25) is 5.02 Å². The van der Waals surface area contributed by atoms with Crippen LogP contribution in [-0.2, 0) is 4.21 Å². The first-order chi connectivity index (χ1) is 11.6. The Hall–Kier alpha value is -0.930. The Morgan fingerprint density at radius 3 is 2.46 bits per heavy atom. The summed E-state index contributed by atoms with van der Waals surface area (Å²) in [6.45, 7) is 2.18. The smallest absolute Gasteiger partial charge is 0.145 e. The molecule has 124 valence electrons. The van der Waals surface area contributed by atoms with E-state index in [-0.39, 0.29) is 0 Å². The average Bonchev–Trinajstić information content (AvgIpc) is 2.89. The van der Waals surface area contributed by atoms with Gasteiger partial charge < -0.3 is 4.90 Å². The molecular formula is C20H19Cl2NS. The van der Waals surface area contributed by atoms with Crippen LogP contribution in [-0.4, -0.2) is 25.0 Å². The van der Waals surface area contributed by atoms with Crippen LogP contribution in [0.4, 0.5) is 0 Å². The first-order valence-corrected chi connectivity index (χ1v) is 9.79. The topological polar surface area (TPSA) is 3.24 Å². The van der Waals surface area contributed by atoms with Gasteiger partial charge in [0, 0.05) is 23.0 Å². The van der Waals surface area contributed by atoms with E-state index in [0.717, 1.165) is 36.5 Å². The highest BCUT2D eigenvalue weighted by atomic mass is 35.5. The molecule has 1 fully saturated rings. The van der Waals surface area contributed by atoms with Gasteiger partial charge in [0.05, 0.1) is 0 Å². The van der Waals surface area contributed by atoms with Crippen molar-refractivity contribution >= 4 is 40.5 Å². The minimum atomic E-state index is -0.556. The third kappa shape index (κ3) is 2.80. The molecule has 2 aliphatic heterocycles. The quantitative estimate of drug-likeness (QED) is 0.560. The fourth-order valence-electron chi connectivity index (χ4n) is 3.57. The molecule has 0 aliphatic carbocycles. The van der Waals surface area contributed by atoms with Gasteiger partial charge >= 0.3 is 0 Å². The standard InChI is InChI=1S/C20H19Cl2NS/c1-23-11-9-14(10-12-23)19-17-8-7-16(21)13-18(17)24-20(19,22)15-5-3-2-4-6-15/h2-8,13H,9-12H2,1H3. The Balaban J connectivity index is 1.90. The Kier molecular flexibility index (Phi) is 4.42. The summed E-state index contributed by atoms with van der Waals surface area (Å²) < 4.78 is -0.556. The largest absolute Gasteiger partial charge is 0.306 e. The maximum atomic E-state index is 7.30. The van der Waals surface area contributed by atoms with E-state index in [1.165, 1.54) is 21.6 Å². The highest BCUT2D eigenvalue weighted by molar-refractivity contribution is 8.02. The van der Waals surface area contributed by atoms with Crippen LogP contribution >= 0.6 is 35.0 Å². The lowest BCUT2D eigenvalue weighted by Gasteiger charge is -2.31. The van der Waals surface area contributed by atoms with Crippen LogP contribution in [0.15, 0.2) is 59.0 Å². The molecule has 0 amide bonds. The van der Waals surface area contributed by atoms with E-state index in [9.17, 15) is 0 Å². The maximum Gasteiger partial charge on any atom is 0.145 e. The van der Waals surface area contributed by atoms with Gasteiger partial charge in [-0.05, 0) is 48.7 Å². The number of hydrogen-bond donors (Lipinski definition) is 0. The van der Waals surface area contributed by atoms with Gasteiger partial charge in [0.2, 0.25) is 0 Å². The van der Waals surface area contributed by atoms with Crippen LogP contribution in [0.3, 0.4) is 0 Å². The predicted octanol–water partition coefficient (Wildman–Crippen LogP) is 6.02. The number of alkyl halides is 1. The molecule has 2 heterocycles. The number of fused-ring (bicyclic) bond motifs is 1. The molecule has 2 aromatic rings. The van der Waals surface area contributed by atoms with E-state index in [4.69, 9.17) is 23.2 Å². The van der Waals surface area contributed by atoms with Gasteiger partial charge in [-0.2, -0.15) is 0 Å². The normalized spacial score (nSPS) is 24.3. The van der Waals surface area contributed by atoms with Crippen LogP contribution < -0.4 is 0 Å². The molecule has 1 atom stereocenters. The summed E-state index contributed by atoms with van der Waals surface area (Å²) in [6, 6.07) is 16.6. The lowest BCUT2D eigenvalue weighted by molar-refractivity contribution is 0.312. The summed E-state index contributed by atoms with van der Waals surface area (Å²) in [4.78, 5) is 3.57. The number of nitrogens with zero attached hydrogens (tertiary/aromatic N) is 1. The van der Waals surface area contributed by atoms with Crippen molar-refractivity contribution in [2.24, 2.45) is 0 Å². The van der Waals surface area contributed by atoms with E-state index in [0.29, 0.717) is 0 Å². The second kappa shape index (κ2) is 6.42. The van der Waals surface area contributed by atoms with Crippen molar-refractivity contribution in [2.45, 2.75) is 21.9 Å². The van der Waals surface area contributed by atoms with Crippen LogP contribution in [0.25, 0.3) is 5.57 Å². The third-order valence-corrected chi connectivity index (χ3v) is 7.03. The average molecular weight is 376 g/mol. The number of halogens is 2. The molecular weight excluding hydrogens is 357 g/mol. The van der Waals surface area contributed by atoms with Gasteiger partial charge in [-0.1, -0.05) is 76.9 Å². The summed E-state index contributed by atoms with van der Waals surface area (Å²) in [7, 11) is 2.18. The molecule has 0 N–H and O–H groups in total. The van der Waals surface area contributed by atoms with Crippen molar-refractivity contribution in [3.8, 4) is 0 Å². The molecule has 0 spiro atoms. The molecule has 0 radical (unpaired) electrons. The Morgan fingerprint density at radius 2 is 1.75 bits per heavy atom. The SMILES string of the molecule is CN1CCC(=C2c3ccc(Cl)cc3SC2(Cl)c2ccccc2)CC1. The van der Waals surface area contributed by atoms with Crippen molar-refractivity contribution in [2.75, 3.05) is 20.1 Å². The molecule has 1 unspecified atom stereocenters. The zero-order valence-electron chi connectivity index (χ0n) is 13.6. The van der Waals surface area contributed by atoms with E-state index >= 15 is 0 Å². The van der Waals surface area contributed by atoms with Gasteiger partial charge in [-0.25, -0.2) is 0 Å². The lowest BCUT2D eigenvalue weighted by Crippen LogP contribution is -2.28. The fraction of sp³-hybridized carbons (Fsp3) is 0.300. The zero-order chi connectivity index (χ0) is 16.7. The summed E-state index contributed by atoms with van der Waals surface area (Å²) in [5, 5.41) is 0.767. The summed E-state index contributed by atoms with van der Waals surface area (Å²) in [5.74, 6) is 0. The van der Waals surface area contributed by atoms with Gasteiger partial charge in [-0.15, -0.1) is 0 Å². The summed E-state index contributed by atoms with van der Waals surface area (Å²) >= 11 is 15.3. The van der Waals surface area contributed by atoms with Crippen molar-refractivity contribution in [1.29, 1.82) is 0 Å². The first-order valence-electron chi connectivity index (χ1n) is 8.22. The number of thioether (sulfide) groups is 1. The Bertz CT molecular complexity index is 793. The molecule has 2 aromatic carbocycles. The van der Waals surface area contributed by atoms with Crippen molar-refractivity contribution in [1.82, 2.24) is 4.90 Å². The fourth-order valence-corrected chi connectivity index (χ4v) is 5.80. The number of piperidine rings is 1. The lowest BCUT2D eigenvalue weighted by atomic mass is 9.88. The summed E-state index contributed by atoms with van der Waals surface area (Å²) in [5.41, 5.74) is 5.17. The van der Waals surface area contributed by atoms with Crippen LogP contribution in [0, 0.1) is 0 Å². The molecule has 1 saturated heterocycles. The van der Waals surface area contributed by atoms with E-state index < -0.39 is 4.21 Å². The highest BCUT2D eigenvalue weighted by Crippen LogP contribution is 2.63. The van der Waals surface area contributed by atoms with Crippen LogP contribution in [0.5, 0.6) is 0 Å². The maximum absolute atomic E-state index is 7.30. The number of benzene rings is 2. The summed E-state index contributed by atoms with van der Waals surface area (Å²) in [6.07, 6.45) is 2.16.